The van der Waals surface area contributed by atoms with Crippen LogP contribution in [0.1, 0.15) is 56.6 Å². The first kappa shape index (κ1) is 24.9. The van der Waals surface area contributed by atoms with Gasteiger partial charge in [0.05, 0.1) is 29.3 Å². The van der Waals surface area contributed by atoms with Crippen molar-refractivity contribution in [1.82, 2.24) is 14.5 Å². The molecule has 1 atom stereocenters. The van der Waals surface area contributed by atoms with Gasteiger partial charge in [-0.05, 0) is 67.9 Å². The van der Waals surface area contributed by atoms with E-state index in [1.165, 1.54) is 0 Å². The molecular weight excluding hydrogens is 460 g/mol. The van der Waals surface area contributed by atoms with E-state index in [1.54, 1.807) is 19.1 Å². The number of benzene rings is 2. The summed E-state index contributed by atoms with van der Waals surface area (Å²) in [6.45, 7) is 15.4. The molecule has 1 unspecified atom stereocenters. The van der Waals surface area contributed by atoms with Gasteiger partial charge in [-0.3, -0.25) is 5.32 Å². The molecule has 0 amide bonds. The number of oxazole rings is 1. The van der Waals surface area contributed by atoms with Gasteiger partial charge in [0.2, 0.25) is 5.95 Å². The molecule has 1 N–H and O–H groups in total. The average molecular weight is 495 g/mol. The highest BCUT2D eigenvalue weighted by Gasteiger charge is 2.38. The second-order valence-electron chi connectivity index (χ2n) is 10.3. The number of carbonyl (C=O) groups excluding carboxylic acids is 1. The summed E-state index contributed by atoms with van der Waals surface area (Å²) < 4.78 is 19.5. The van der Waals surface area contributed by atoms with Crippen molar-refractivity contribution >= 4 is 48.4 Å². The van der Waals surface area contributed by atoms with E-state index in [-0.39, 0.29) is 17.1 Å². The summed E-state index contributed by atoms with van der Waals surface area (Å²) in [5.74, 6) is 0.193. The van der Waals surface area contributed by atoms with Crippen molar-refractivity contribution in [3.63, 3.8) is 0 Å². The van der Waals surface area contributed by atoms with Gasteiger partial charge < -0.3 is 18.1 Å². The van der Waals surface area contributed by atoms with Gasteiger partial charge in [0.1, 0.15) is 5.52 Å². The van der Waals surface area contributed by atoms with Crippen molar-refractivity contribution in [2.45, 2.75) is 58.9 Å². The van der Waals surface area contributed by atoms with Crippen LogP contribution in [0.4, 0.5) is 12.0 Å². The summed E-state index contributed by atoms with van der Waals surface area (Å²) in [6.07, 6.45) is -0.0461. The largest absolute Gasteiger partial charge is 0.462 e. The molecule has 35 heavy (non-hydrogen) atoms. The molecule has 186 valence electrons. The first-order chi connectivity index (χ1) is 16.4. The normalized spacial score (nSPS) is 13.4. The van der Waals surface area contributed by atoms with Crippen LogP contribution in [0.2, 0.25) is 18.1 Å². The summed E-state index contributed by atoms with van der Waals surface area (Å²) in [5.41, 5.74) is 4.50. The van der Waals surface area contributed by atoms with Gasteiger partial charge in [-0.25, -0.2) is 9.78 Å². The second-order valence-corrected chi connectivity index (χ2v) is 15.1. The molecule has 8 nitrogen and oxygen atoms in total. The lowest BCUT2D eigenvalue weighted by Gasteiger charge is -2.38. The maximum Gasteiger partial charge on any atom is 0.338 e. The highest BCUT2D eigenvalue weighted by molar-refractivity contribution is 6.74. The van der Waals surface area contributed by atoms with Crippen LogP contribution < -0.4 is 5.32 Å². The van der Waals surface area contributed by atoms with E-state index in [0.29, 0.717) is 35.2 Å². The topological polar surface area (TPSA) is 91.4 Å². The Morgan fingerprint density at radius 3 is 2.57 bits per heavy atom. The molecule has 0 aliphatic rings. The number of fused-ring (bicyclic) bond motifs is 2. The van der Waals surface area contributed by atoms with Gasteiger partial charge in [0.25, 0.3) is 0 Å². The lowest BCUT2D eigenvalue weighted by Crippen LogP contribution is -2.41. The predicted molar refractivity (Wildman–Crippen MR) is 141 cm³/mol. The van der Waals surface area contributed by atoms with Crippen LogP contribution in [-0.2, 0) is 16.2 Å². The molecule has 2 heterocycles. The number of aromatic nitrogens is 3. The first-order valence-electron chi connectivity index (χ1n) is 11.9. The summed E-state index contributed by atoms with van der Waals surface area (Å²) in [4.78, 5) is 21.3. The van der Waals surface area contributed by atoms with E-state index in [1.807, 2.05) is 35.9 Å². The SMILES string of the molecule is CCOC(=O)c1ccc2c(c1)nc(Nc1nc3ccc(C(C)O[Si](C)(C)C(C)(C)C)cc3o1)n2C. The Kier molecular flexibility index (Phi) is 6.50. The number of hydrogen-bond acceptors (Lipinski definition) is 7. The molecule has 0 spiro atoms. The van der Waals surface area contributed by atoms with Crippen molar-refractivity contribution in [3.05, 3.63) is 47.5 Å². The van der Waals surface area contributed by atoms with Gasteiger partial charge in [0, 0.05) is 7.05 Å². The minimum absolute atomic E-state index is 0.0461. The van der Waals surface area contributed by atoms with Crippen molar-refractivity contribution in [1.29, 1.82) is 0 Å². The summed E-state index contributed by atoms with van der Waals surface area (Å²) in [7, 11) is -0.0102. The molecule has 4 aromatic rings. The zero-order valence-corrected chi connectivity index (χ0v) is 22.7. The van der Waals surface area contributed by atoms with Crippen molar-refractivity contribution in [2.75, 3.05) is 11.9 Å². The lowest BCUT2D eigenvalue weighted by atomic mass is 10.1. The summed E-state index contributed by atoms with van der Waals surface area (Å²) in [6, 6.07) is 11.6. The van der Waals surface area contributed by atoms with E-state index < -0.39 is 8.32 Å². The molecule has 0 radical (unpaired) electrons. The van der Waals surface area contributed by atoms with Crippen LogP contribution >= 0.6 is 0 Å². The van der Waals surface area contributed by atoms with Gasteiger partial charge >= 0.3 is 12.0 Å². The standard InChI is InChI=1S/C26H34N4O4Si/c1-9-32-23(31)18-11-13-21-20(14-18)27-24(30(21)6)29-25-28-19-12-10-17(15-22(19)33-25)16(2)34-35(7,8)26(3,4)5/h10-16H,9H2,1-8H3,(H,27,28,29). The van der Waals surface area contributed by atoms with Crippen molar-refractivity contribution in [3.8, 4) is 0 Å². The Morgan fingerprint density at radius 2 is 1.89 bits per heavy atom. The number of carbonyl (C=O) groups is 1. The van der Waals surface area contributed by atoms with Gasteiger partial charge in [0.15, 0.2) is 13.9 Å². The number of anilines is 2. The van der Waals surface area contributed by atoms with Crippen molar-refractivity contribution < 1.29 is 18.4 Å². The summed E-state index contributed by atoms with van der Waals surface area (Å²) >= 11 is 0. The minimum Gasteiger partial charge on any atom is -0.462 e. The van der Waals surface area contributed by atoms with Crippen LogP contribution in [0, 0.1) is 0 Å². The molecule has 0 saturated carbocycles. The molecular formula is C26H34N4O4Si. The second kappa shape index (κ2) is 9.12. The first-order valence-corrected chi connectivity index (χ1v) is 14.8. The predicted octanol–water partition coefficient (Wildman–Crippen LogP) is 6.72. The fraction of sp³-hybridized carbons (Fsp3) is 0.423. The number of esters is 1. The van der Waals surface area contributed by atoms with Crippen LogP contribution in [0.5, 0.6) is 0 Å². The fourth-order valence-electron chi connectivity index (χ4n) is 3.68. The molecule has 9 heteroatoms. The van der Waals surface area contributed by atoms with E-state index in [2.05, 4.69) is 56.1 Å². The maximum absolute atomic E-state index is 12.1. The van der Waals surface area contributed by atoms with E-state index >= 15 is 0 Å². The monoisotopic (exact) mass is 494 g/mol. The smallest absolute Gasteiger partial charge is 0.338 e. The Morgan fingerprint density at radius 1 is 1.14 bits per heavy atom. The number of hydrogen-bond donors (Lipinski definition) is 1. The maximum atomic E-state index is 12.1. The average Bonchev–Trinajstić information content (AvgIpc) is 3.32. The number of ether oxygens (including phenoxy) is 1. The number of aryl methyl sites for hydroxylation is 1. The quantitative estimate of drug-likeness (QED) is 0.225. The van der Waals surface area contributed by atoms with Crippen molar-refractivity contribution in [2.24, 2.45) is 7.05 Å². The summed E-state index contributed by atoms with van der Waals surface area (Å²) in [5, 5.41) is 3.30. The van der Waals surface area contributed by atoms with Gasteiger partial charge in [-0.15, -0.1) is 0 Å². The molecule has 0 saturated heterocycles. The Bertz CT molecular complexity index is 1380. The Labute approximate surface area is 206 Å². The molecule has 0 fully saturated rings. The lowest BCUT2D eigenvalue weighted by molar-refractivity contribution is 0.0526. The van der Waals surface area contributed by atoms with Gasteiger partial charge in [-0.1, -0.05) is 26.8 Å². The van der Waals surface area contributed by atoms with E-state index in [4.69, 9.17) is 13.6 Å². The van der Waals surface area contributed by atoms with Crippen LogP contribution in [0.3, 0.4) is 0 Å². The number of imidazole rings is 1. The highest BCUT2D eigenvalue weighted by Crippen LogP contribution is 2.40. The third kappa shape index (κ3) is 4.97. The molecule has 4 rings (SSSR count). The van der Waals surface area contributed by atoms with Gasteiger partial charge in [-0.2, -0.15) is 4.98 Å². The molecule has 0 aliphatic carbocycles. The minimum atomic E-state index is -1.90. The third-order valence-corrected chi connectivity index (χ3v) is 11.3. The third-order valence-electron chi connectivity index (χ3n) is 6.77. The molecule has 2 aromatic carbocycles. The Hall–Kier alpha value is -3.17. The molecule has 2 aromatic heterocycles. The Balaban J connectivity index is 1.57. The molecule has 0 aliphatic heterocycles. The number of nitrogens with zero attached hydrogens (tertiary/aromatic N) is 3. The zero-order chi connectivity index (χ0) is 25.5. The highest BCUT2D eigenvalue weighted by atomic mass is 28.4. The van der Waals surface area contributed by atoms with Crippen LogP contribution in [0.25, 0.3) is 22.1 Å². The zero-order valence-electron chi connectivity index (χ0n) is 21.7. The fourth-order valence-corrected chi connectivity index (χ4v) is 5.06. The van der Waals surface area contributed by atoms with Crippen LogP contribution in [-0.4, -0.2) is 35.4 Å². The van der Waals surface area contributed by atoms with Crippen LogP contribution in [0.15, 0.2) is 40.8 Å². The van der Waals surface area contributed by atoms with E-state index in [0.717, 1.165) is 16.6 Å². The van der Waals surface area contributed by atoms with E-state index in [9.17, 15) is 4.79 Å². The number of rotatable bonds is 7. The molecule has 0 bridgehead atoms. The number of nitrogens with one attached hydrogen (secondary N) is 1.